The van der Waals surface area contributed by atoms with Gasteiger partial charge in [-0.1, -0.05) is 22.9 Å². The summed E-state index contributed by atoms with van der Waals surface area (Å²) in [6.07, 6.45) is 3.29. The smallest absolute Gasteiger partial charge is 0.306 e. The van der Waals surface area contributed by atoms with Gasteiger partial charge in [0.05, 0.1) is 17.0 Å². The molecule has 0 amide bonds. The van der Waals surface area contributed by atoms with Crippen LogP contribution in [0.3, 0.4) is 0 Å². The number of rotatable bonds is 7. The molecule has 10 heteroatoms. The highest BCUT2D eigenvalue weighted by Gasteiger charge is 2.24. The van der Waals surface area contributed by atoms with E-state index in [1.165, 1.54) is 24.5 Å². The Morgan fingerprint density at radius 2 is 1.97 bits per heavy atom. The molecule has 0 saturated carbocycles. The molecule has 0 aliphatic heterocycles. The maximum Gasteiger partial charge on any atom is 0.306 e. The summed E-state index contributed by atoms with van der Waals surface area (Å²) in [5.41, 5.74) is 7.52. The number of nitrogens with zero attached hydrogens (tertiary/aromatic N) is 3. The number of oxime groups is 1. The minimum absolute atomic E-state index is 0.0214. The van der Waals surface area contributed by atoms with Crippen molar-refractivity contribution in [1.82, 2.24) is 8.96 Å². The summed E-state index contributed by atoms with van der Waals surface area (Å²) >= 11 is 0. The van der Waals surface area contributed by atoms with Crippen molar-refractivity contribution in [1.29, 1.82) is 0 Å². The number of carbonyl (C=O) groups excluding carboxylic acids is 1. The molecule has 1 aromatic carbocycles. The number of carbonyl (C=O) groups is 1. The van der Waals surface area contributed by atoms with E-state index in [0.29, 0.717) is 17.4 Å². The van der Waals surface area contributed by atoms with E-state index in [0.717, 1.165) is 9.54 Å². The highest BCUT2D eigenvalue weighted by Crippen LogP contribution is 2.27. The van der Waals surface area contributed by atoms with Gasteiger partial charge >= 0.3 is 5.97 Å². The van der Waals surface area contributed by atoms with Crippen LogP contribution in [-0.2, 0) is 26.0 Å². The van der Waals surface area contributed by atoms with E-state index < -0.39 is 10.0 Å². The number of esters is 1. The van der Waals surface area contributed by atoms with Crippen LogP contribution >= 0.6 is 0 Å². The molecule has 0 radical (unpaired) electrons. The Bertz CT molecular complexity index is 1210. The van der Waals surface area contributed by atoms with E-state index in [1.807, 2.05) is 6.92 Å². The van der Waals surface area contributed by atoms with Gasteiger partial charge in [0.2, 0.25) is 0 Å². The fourth-order valence-electron chi connectivity index (χ4n) is 3.11. The lowest BCUT2D eigenvalue weighted by molar-refractivity contribution is -0.143. The summed E-state index contributed by atoms with van der Waals surface area (Å²) in [5.74, 6) is -0.686. The third-order valence-corrected chi connectivity index (χ3v) is 6.29. The number of fused-ring (bicyclic) bond motifs is 1. The van der Waals surface area contributed by atoms with Crippen LogP contribution in [0, 0.1) is 6.92 Å². The van der Waals surface area contributed by atoms with Crippen molar-refractivity contribution in [2.75, 3.05) is 6.61 Å². The number of ether oxygens (including phenoxy) is 1. The molecule has 3 aromatic rings. The van der Waals surface area contributed by atoms with E-state index >= 15 is 0 Å². The second-order valence-electron chi connectivity index (χ2n) is 6.61. The Morgan fingerprint density at radius 1 is 1.27 bits per heavy atom. The average molecular weight is 430 g/mol. The van der Waals surface area contributed by atoms with E-state index in [4.69, 9.17) is 15.7 Å². The van der Waals surface area contributed by atoms with Crippen LogP contribution in [-0.4, -0.2) is 41.0 Å². The number of aryl methyl sites for hydroxylation is 2. The quantitative estimate of drug-likeness (QED) is 0.193. The molecule has 0 fully saturated rings. The molecule has 3 rings (SSSR count). The zero-order chi connectivity index (χ0) is 21.9. The van der Waals surface area contributed by atoms with Gasteiger partial charge in [-0.25, -0.2) is 12.4 Å². The van der Waals surface area contributed by atoms with Crippen LogP contribution < -0.4 is 5.73 Å². The fraction of sp³-hybridized carbons (Fsp3) is 0.250. The van der Waals surface area contributed by atoms with Crippen molar-refractivity contribution < 1.29 is 23.2 Å². The van der Waals surface area contributed by atoms with Gasteiger partial charge in [0.1, 0.15) is 5.69 Å². The lowest BCUT2D eigenvalue weighted by Gasteiger charge is -2.12. The molecule has 0 spiro atoms. The van der Waals surface area contributed by atoms with Crippen molar-refractivity contribution in [3.63, 3.8) is 0 Å². The number of nitrogens with two attached hydrogens (primary N) is 1. The molecule has 0 saturated heterocycles. The summed E-state index contributed by atoms with van der Waals surface area (Å²) in [4.78, 5) is 16.0. The maximum atomic E-state index is 13.3. The molecule has 0 atom stereocenters. The molecule has 3 N–H and O–H groups in total. The van der Waals surface area contributed by atoms with Gasteiger partial charge in [0, 0.05) is 24.2 Å². The first-order chi connectivity index (χ1) is 14.3. The van der Waals surface area contributed by atoms with Crippen molar-refractivity contribution >= 4 is 32.7 Å². The SMILES string of the molecule is CCOC(=O)CCc1cnc(/C(N)=N/O)c2c1ccn2S(=O)(=O)c1ccc(C)cc1. The molecule has 2 aromatic heterocycles. The largest absolute Gasteiger partial charge is 0.466 e. The van der Waals surface area contributed by atoms with E-state index in [2.05, 4.69) is 10.1 Å². The normalized spacial score (nSPS) is 12.3. The summed E-state index contributed by atoms with van der Waals surface area (Å²) in [7, 11) is -3.97. The minimum atomic E-state index is -3.97. The minimum Gasteiger partial charge on any atom is -0.466 e. The molecule has 0 aliphatic carbocycles. The van der Waals surface area contributed by atoms with Gasteiger partial charge in [-0.05, 0) is 44.0 Å². The number of benzene rings is 1. The van der Waals surface area contributed by atoms with E-state index in [1.54, 1.807) is 25.1 Å². The van der Waals surface area contributed by atoms with Crippen LogP contribution in [0.5, 0.6) is 0 Å². The first kappa shape index (κ1) is 21.3. The monoisotopic (exact) mass is 430 g/mol. The second-order valence-corrected chi connectivity index (χ2v) is 8.43. The predicted octanol–water partition coefficient (Wildman–Crippen LogP) is 2.17. The Morgan fingerprint density at radius 3 is 2.60 bits per heavy atom. The molecular formula is C20H22N4O5S. The molecule has 2 heterocycles. The van der Waals surface area contributed by atoms with Gasteiger partial charge in [0.15, 0.2) is 5.84 Å². The molecule has 158 valence electrons. The van der Waals surface area contributed by atoms with Crippen molar-refractivity contribution in [2.45, 2.75) is 31.6 Å². The Hall–Kier alpha value is -3.40. The van der Waals surface area contributed by atoms with E-state index in [9.17, 15) is 13.2 Å². The number of pyridine rings is 1. The lowest BCUT2D eigenvalue weighted by atomic mass is 10.1. The summed E-state index contributed by atoms with van der Waals surface area (Å²) in [5, 5.41) is 12.6. The average Bonchev–Trinajstić information content (AvgIpc) is 3.18. The molecule has 0 bridgehead atoms. The van der Waals surface area contributed by atoms with Crippen molar-refractivity contribution in [3.05, 3.63) is 59.5 Å². The molecular weight excluding hydrogens is 408 g/mol. The van der Waals surface area contributed by atoms with Crippen molar-refractivity contribution in [2.24, 2.45) is 10.9 Å². The summed E-state index contributed by atoms with van der Waals surface area (Å²) in [6, 6.07) is 8.03. The van der Waals surface area contributed by atoms with Crippen LogP contribution in [0.1, 0.15) is 30.2 Å². The Kier molecular flexibility index (Phi) is 6.06. The predicted molar refractivity (Wildman–Crippen MR) is 111 cm³/mol. The van der Waals surface area contributed by atoms with Gasteiger partial charge in [-0.2, -0.15) is 0 Å². The van der Waals surface area contributed by atoms with Crippen LogP contribution in [0.2, 0.25) is 0 Å². The third kappa shape index (κ3) is 3.99. The lowest BCUT2D eigenvalue weighted by Crippen LogP contribution is -2.20. The standard InChI is InChI=1S/C20H22N4O5S/c1-3-29-17(25)9-6-14-12-22-18(20(21)23-26)19-16(14)10-11-24(19)30(27,28)15-7-4-13(2)5-8-15/h4-5,7-8,10-12,26H,3,6,9H2,1-2H3,(H2,21,23). The van der Waals surface area contributed by atoms with Gasteiger partial charge < -0.3 is 15.7 Å². The van der Waals surface area contributed by atoms with Crippen molar-refractivity contribution in [3.8, 4) is 0 Å². The van der Waals surface area contributed by atoms with Crippen LogP contribution in [0.25, 0.3) is 10.9 Å². The van der Waals surface area contributed by atoms with Gasteiger partial charge in [0.25, 0.3) is 10.0 Å². The second kappa shape index (κ2) is 8.54. The fourth-order valence-corrected chi connectivity index (χ4v) is 4.46. The first-order valence-electron chi connectivity index (χ1n) is 9.24. The Balaban J connectivity index is 2.17. The number of hydrogen-bond donors (Lipinski definition) is 2. The number of hydrogen-bond acceptors (Lipinski definition) is 7. The zero-order valence-corrected chi connectivity index (χ0v) is 17.4. The maximum absolute atomic E-state index is 13.3. The molecule has 30 heavy (non-hydrogen) atoms. The molecule has 0 aliphatic rings. The highest BCUT2D eigenvalue weighted by molar-refractivity contribution is 7.90. The highest BCUT2D eigenvalue weighted by atomic mass is 32.2. The molecule has 0 unspecified atom stereocenters. The number of amidine groups is 1. The topological polar surface area (TPSA) is 137 Å². The van der Waals surface area contributed by atoms with Gasteiger partial charge in [-0.15, -0.1) is 0 Å². The van der Waals surface area contributed by atoms with Crippen LogP contribution in [0.15, 0.2) is 52.8 Å². The number of aromatic nitrogens is 2. The zero-order valence-electron chi connectivity index (χ0n) is 16.6. The van der Waals surface area contributed by atoms with Crippen LogP contribution in [0.4, 0.5) is 0 Å². The summed E-state index contributed by atoms with van der Waals surface area (Å²) in [6.45, 7) is 3.86. The Labute approximate surface area is 173 Å². The van der Waals surface area contributed by atoms with Gasteiger partial charge in [-0.3, -0.25) is 9.78 Å². The summed E-state index contributed by atoms with van der Waals surface area (Å²) < 4.78 is 32.5. The van der Waals surface area contributed by atoms with E-state index in [-0.39, 0.29) is 40.9 Å². The molecule has 9 nitrogen and oxygen atoms in total. The first-order valence-corrected chi connectivity index (χ1v) is 10.7. The third-order valence-electron chi connectivity index (χ3n) is 4.60.